The van der Waals surface area contributed by atoms with Crippen LogP contribution in [0, 0.1) is 6.92 Å². The van der Waals surface area contributed by atoms with E-state index in [0.717, 1.165) is 47.8 Å². The van der Waals surface area contributed by atoms with E-state index in [4.69, 9.17) is 0 Å². The Kier molecular flexibility index (Phi) is 3.63. The second kappa shape index (κ2) is 5.25. The van der Waals surface area contributed by atoms with Crippen LogP contribution in [0.15, 0.2) is 22.7 Å². The number of carbonyl (C=O) groups excluding carboxylic acids is 1. The van der Waals surface area contributed by atoms with Gasteiger partial charge in [0, 0.05) is 36.7 Å². The van der Waals surface area contributed by atoms with Crippen molar-refractivity contribution in [2.75, 3.05) is 26.2 Å². The maximum atomic E-state index is 12.5. The van der Waals surface area contributed by atoms with Crippen LogP contribution in [0.1, 0.15) is 28.8 Å². The summed E-state index contributed by atoms with van der Waals surface area (Å²) in [6.45, 7) is 5.79. The van der Waals surface area contributed by atoms with Gasteiger partial charge in [-0.1, -0.05) is 12.1 Å². The van der Waals surface area contributed by atoms with E-state index in [1.165, 1.54) is 12.8 Å². The molecule has 1 aliphatic carbocycles. The molecular formula is C15H19BrN2O. The molecule has 1 amide bonds. The molecule has 0 atom stereocenters. The number of carbonyl (C=O) groups is 1. The van der Waals surface area contributed by atoms with Crippen molar-refractivity contribution in [3.8, 4) is 0 Å². The van der Waals surface area contributed by atoms with E-state index in [0.29, 0.717) is 0 Å². The summed E-state index contributed by atoms with van der Waals surface area (Å²) < 4.78 is 0.935. The second-order valence-corrected chi connectivity index (χ2v) is 6.29. The Hall–Kier alpha value is -0.870. The van der Waals surface area contributed by atoms with Crippen LogP contribution >= 0.6 is 15.9 Å². The molecular weight excluding hydrogens is 304 g/mol. The molecule has 2 aliphatic rings. The number of piperazine rings is 1. The fraction of sp³-hybridized carbons (Fsp3) is 0.533. The highest BCUT2D eigenvalue weighted by molar-refractivity contribution is 9.10. The van der Waals surface area contributed by atoms with Gasteiger partial charge in [0.25, 0.3) is 5.91 Å². The Labute approximate surface area is 122 Å². The van der Waals surface area contributed by atoms with Gasteiger partial charge in [0.1, 0.15) is 0 Å². The molecule has 3 nitrogen and oxygen atoms in total. The van der Waals surface area contributed by atoms with E-state index < -0.39 is 0 Å². The van der Waals surface area contributed by atoms with Crippen LogP contribution in [-0.4, -0.2) is 47.9 Å². The summed E-state index contributed by atoms with van der Waals surface area (Å²) in [5.74, 6) is 0.158. The van der Waals surface area contributed by atoms with Crippen LogP contribution in [0.4, 0.5) is 0 Å². The monoisotopic (exact) mass is 322 g/mol. The maximum absolute atomic E-state index is 12.5. The van der Waals surface area contributed by atoms with Gasteiger partial charge in [0.15, 0.2) is 0 Å². The van der Waals surface area contributed by atoms with Gasteiger partial charge >= 0.3 is 0 Å². The molecule has 0 aromatic heterocycles. The average molecular weight is 323 g/mol. The van der Waals surface area contributed by atoms with Gasteiger partial charge in [-0.2, -0.15) is 0 Å². The molecule has 0 bridgehead atoms. The molecule has 2 fully saturated rings. The largest absolute Gasteiger partial charge is 0.336 e. The average Bonchev–Trinajstić information content (AvgIpc) is 3.26. The van der Waals surface area contributed by atoms with E-state index in [2.05, 4.69) is 20.8 Å². The van der Waals surface area contributed by atoms with Crippen molar-refractivity contribution in [3.05, 3.63) is 33.8 Å². The number of aryl methyl sites for hydroxylation is 1. The van der Waals surface area contributed by atoms with Crippen molar-refractivity contribution in [2.45, 2.75) is 25.8 Å². The number of nitrogens with zero attached hydrogens (tertiary/aromatic N) is 2. The highest BCUT2D eigenvalue weighted by Crippen LogP contribution is 2.28. The van der Waals surface area contributed by atoms with Gasteiger partial charge in [-0.05, 0) is 47.3 Å². The van der Waals surface area contributed by atoms with E-state index in [1.807, 2.05) is 30.0 Å². The summed E-state index contributed by atoms with van der Waals surface area (Å²) >= 11 is 3.53. The quantitative estimate of drug-likeness (QED) is 0.835. The molecule has 1 saturated carbocycles. The zero-order chi connectivity index (χ0) is 13.4. The molecule has 1 aromatic carbocycles. The van der Waals surface area contributed by atoms with Gasteiger partial charge in [-0.15, -0.1) is 0 Å². The Balaban J connectivity index is 1.69. The zero-order valence-electron chi connectivity index (χ0n) is 11.2. The summed E-state index contributed by atoms with van der Waals surface area (Å²) in [7, 11) is 0. The Bertz CT molecular complexity index is 491. The summed E-state index contributed by atoms with van der Waals surface area (Å²) in [6.07, 6.45) is 2.69. The lowest BCUT2D eigenvalue weighted by Crippen LogP contribution is -2.49. The minimum absolute atomic E-state index is 0.158. The standard InChI is InChI=1S/C15H19BrN2O/c1-11-3-2-4-13(14(11)16)15(19)18-9-7-17(8-10-18)12-5-6-12/h2-4,12H,5-10H2,1H3. The molecule has 1 aromatic rings. The molecule has 0 radical (unpaired) electrons. The first-order valence-corrected chi connectivity index (χ1v) is 7.74. The minimum Gasteiger partial charge on any atom is -0.336 e. The van der Waals surface area contributed by atoms with Gasteiger partial charge in [0.05, 0.1) is 5.56 Å². The zero-order valence-corrected chi connectivity index (χ0v) is 12.8. The normalized spacial score (nSPS) is 20.6. The minimum atomic E-state index is 0.158. The summed E-state index contributed by atoms with van der Waals surface area (Å²) in [4.78, 5) is 17.0. The summed E-state index contributed by atoms with van der Waals surface area (Å²) in [6, 6.07) is 6.69. The van der Waals surface area contributed by atoms with Crippen LogP contribution < -0.4 is 0 Å². The van der Waals surface area contributed by atoms with Gasteiger partial charge in [-0.25, -0.2) is 0 Å². The lowest BCUT2D eigenvalue weighted by atomic mass is 10.1. The third-order valence-electron chi connectivity index (χ3n) is 4.09. The van der Waals surface area contributed by atoms with Gasteiger partial charge in [-0.3, -0.25) is 9.69 Å². The molecule has 0 N–H and O–H groups in total. The van der Waals surface area contributed by atoms with Crippen LogP contribution in [-0.2, 0) is 0 Å². The lowest BCUT2D eigenvalue weighted by Gasteiger charge is -2.35. The van der Waals surface area contributed by atoms with Crippen LogP contribution in [0.3, 0.4) is 0 Å². The number of amides is 1. The first kappa shape index (κ1) is 13.1. The molecule has 3 rings (SSSR count). The number of hydrogen-bond donors (Lipinski definition) is 0. The smallest absolute Gasteiger partial charge is 0.255 e. The number of rotatable bonds is 2. The van der Waals surface area contributed by atoms with Crippen LogP contribution in [0.2, 0.25) is 0 Å². The van der Waals surface area contributed by atoms with Gasteiger partial charge < -0.3 is 4.90 Å². The first-order valence-electron chi connectivity index (χ1n) is 6.95. The fourth-order valence-electron chi connectivity index (χ4n) is 2.71. The Morgan fingerprint density at radius 1 is 1.21 bits per heavy atom. The SMILES string of the molecule is Cc1cccc(C(=O)N2CCN(C3CC3)CC2)c1Br. The lowest BCUT2D eigenvalue weighted by molar-refractivity contribution is 0.0626. The Morgan fingerprint density at radius 3 is 2.53 bits per heavy atom. The van der Waals surface area contributed by atoms with Crippen molar-refractivity contribution < 1.29 is 4.79 Å². The maximum Gasteiger partial charge on any atom is 0.255 e. The topological polar surface area (TPSA) is 23.6 Å². The molecule has 1 saturated heterocycles. The number of halogens is 1. The molecule has 0 unspecified atom stereocenters. The predicted octanol–water partition coefficient (Wildman–Crippen LogP) is 2.68. The van der Waals surface area contributed by atoms with E-state index in [9.17, 15) is 4.79 Å². The van der Waals surface area contributed by atoms with Crippen molar-refractivity contribution in [3.63, 3.8) is 0 Å². The molecule has 4 heteroatoms. The third-order valence-corrected chi connectivity index (χ3v) is 5.14. The predicted molar refractivity (Wildman–Crippen MR) is 79.4 cm³/mol. The fourth-order valence-corrected chi connectivity index (χ4v) is 3.15. The second-order valence-electron chi connectivity index (χ2n) is 5.50. The number of benzene rings is 1. The van der Waals surface area contributed by atoms with Crippen LogP contribution in [0.5, 0.6) is 0 Å². The van der Waals surface area contributed by atoms with Crippen molar-refractivity contribution >= 4 is 21.8 Å². The van der Waals surface area contributed by atoms with Crippen LogP contribution in [0.25, 0.3) is 0 Å². The van der Waals surface area contributed by atoms with Gasteiger partial charge in [0.2, 0.25) is 0 Å². The third kappa shape index (κ3) is 2.70. The van der Waals surface area contributed by atoms with E-state index >= 15 is 0 Å². The summed E-state index contributed by atoms with van der Waals surface area (Å²) in [5.41, 5.74) is 1.90. The number of hydrogen-bond acceptors (Lipinski definition) is 2. The summed E-state index contributed by atoms with van der Waals surface area (Å²) in [5, 5.41) is 0. The molecule has 0 spiro atoms. The molecule has 102 valence electrons. The van der Waals surface area contributed by atoms with E-state index in [-0.39, 0.29) is 5.91 Å². The highest BCUT2D eigenvalue weighted by Gasteiger charge is 2.32. The molecule has 19 heavy (non-hydrogen) atoms. The van der Waals surface area contributed by atoms with Crippen molar-refractivity contribution in [1.82, 2.24) is 9.80 Å². The van der Waals surface area contributed by atoms with Crippen molar-refractivity contribution in [1.29, 1.82) is 0 Å². The van der Waals surface area contributed by atoms with E-state index in [1.54, 1.807) is 0 Å². The molecule has 1 heterocycles. The first-order chi connectivity index (χ1) is 9.16. The Morgan fingerprint density at radius 2 is 1.89 bits per heavy atom. The highest BCUT2D eigenvalue weighted by atomic mass is 79.9. The molecule has 1 aliphatic heterocycles. The van der Waals surface area contributed by atoms with Crippen molar-refractivity contribution in [2.24, 2.45) is 0 Å².